The van der Waals surface area contributed by atoms with Gasteiger partial charge in [-0.2, -0.15) is 0 Å². The van der Waals surface area contributed by atoms with Crippen LogP contribution >= 0.6 is 0 Å². The van der Waals surface area contributed by atoms with Gasteiger partial charge in [-0.25, -0.2) is 4.79 Å². The average molecular weight is 259 g/mol. The summed E-state index contributed by atoms with van der Waals surface area (Å²) in [4.78, 5) is 30.2. The number of imide groups is 1. The van der Waals surface area contributed by atoms with Crippen LogP contribution in [0.15, 0.2) is 18.3 Å². The van der Waals surface area contributed by atoms with E-state index < -0.39 is 5.54 Å². The number of amides is 3. The highest BCUT2D eigenvalue weighted by Crippen LogP contribution is 2.39. The Morgan fingerprint density at radius 1 is 1.21 bits per heavy atom. The number of anilines is 1. The number of aryl methyl sites for hydroxylation is 1. The van der Waals surface area contributed by atoms with Crippen LogP contribution in [0.1, 0.15) is 37.8 Å². The molecule has 5 nitrogen and oxygen atoms in total. The molecule has 19 heavy (non-hydrogen) atoms. The summed E-state index contributed by atoms with van der Waals surface area (Å²) in [6, 6.07) is 3.40. The first-order valence-corrected chi connectivity index (χ1v) is 6.72. The summed E-state index contributed by atoms with van der Waals surface area (Å²) in [5.41, 5.74) is 0.912. The molecule has 2 heterocycles. The lowest BCUT2D eigenvalue weighted by molar-refractivity contribution is -0.124. The highest BCUT2D eigenvalue weighted by atomic mass is 16.2. The second-order valence-electron chi connectivity index (χ2n) is 5.34. The van der Waals surface area contributed by atoms with Crippen LogP contribution in [0.5, 0.6) is 0 Å². The van der Waals surface area contributed by atoms with E-state index in [1.54, 1.807) is 11.1 Å². The van der Waals surface area contributed by atoms with E-state index in [-0.39, 0.29) is 11.9 Å². The maximum absolute atomic E-state index is 12.2. The summed E-state index contributed by atoms with van der Waals surface area (Å²) < 4.78 is 0. The van der Waals surface area contributed by atoms with Crippen LogP contribution in [0.4, 0.5) is 10.5 Å². The molecular formula is C14H17N3O2. The molecule has 1 spiro atoms. The van der Waals surface area contributed by atoms with Gasteiger partial charge in [0.15, 0.2) is 0 Å². The monoisotopic (exact) mass is 259 g/mol. The fourth-order valence-corrected chi connectivity index (χ4v) is 3.11. The molecule has 5 heteroatoms. The zero-order valence-corrected chi connectivity index (χ0v) is 11.0. The van der Waals surface area contributed by atoms with E-state index in [4.69, 9.17) is 0 Å². The van der Waals surface area contributed by atoms with Crippen molar-refractivity contribution in [3.05, 3.63) is 24.0 Å². The van der Waals surface area contributed by atoms with Crippen LogP contribution in [-0.2, 0) is 4.79 Å². The van der Waals surface area contributed by atoms with Crippen molar-refractivity contribution >= 4 is 17.6 Å². The van der Waals surface area contributed by atoms with Crippen LogP contribution in [-0.4, -0.2) is 22.5 Å². The predicted molar refractivity (Wildman–Crippen MR) is 70.8 cm³/mol. The minimum absolute atomic E-state index is 0.155. The molecule has 2 fully saturated rings. The van der Waals surface area contributed by atoms with Crippen molar-refractivity contribution in [2.24, 2.45) is 0 Å². The zero-order chi connectivity index (χ0) is 13.5. The van der Waals surface area contributed by atoms with Gasteiger partial charge in [-0.1, -0.05) is 19.3 Å². The summed E-state index contributed by atoms with van der Waals surface area (Å²) in [6.07, 6.45) is 6.23. The van der Waals surface area contributed by atoms with Crippen LogP contribution < -0.4 is 10.2 Å². The highest BCUT2D eigenvalue weighted by Gasteiger charge is 2.53. The molecule has 1 aliphatic carbocycles. The second-order valence-corrected chi connectivity index (χ2v) is 5.34. The van der Waals surface area contributed by atoms with Crippen LogP contribution in [0.25, 0.3) is 0 Å². The van der Waals surface area contributed by atoms with E-state index in [1.807, 2.05) is 19.1 Å². The Morgan fingerprint density at radius 3 is 2.58 bits per heavy atom. The Hall–Kier alpha value is -1.91. The van der Waals surface area contributed by atoms with E-state index in [2.05, 4.69) is 10.3 Å². The Morgan fingerprint density at radius 2 is 1.95 bits per heavy atom. The number of carbonyl (C=O) groups excluding carboxylic acids is 2. The van der Waals surface area contributed by atoms with Crippen molar-refractivity contribution in [3.8, 4) is 0 Å². The standard InChI is InChI=1S/C14H17N3O2/c1-10-5-6-11(9-15-10)17-13(19)16-12(18)14(17)7-3-2-4-8-14/h5-6,9H,2-4,7-8H2,1H3,(H,16,18,19). The van der Waals surface area contributed by atoms with Crippen LogP contribution in [0, 0.1) is 6.92 Å². The molecule has 1 saturated carbocycles. The van der Waals surface area contributed by atoms with Crippen molar-refractivity contribution in [1.29, 1.82) is 0 Å². The van der Waals surface area contributed by atoms with Gasteiger partial charge in [-0.05, 0) is 31.9 Å². The first-order chi connectivity index (χ1) is 9.13. The molecule has 1 aromatic rings. The predicted octanol–water partition coefficient (Wildman–Crippen LogP) is 2.15. The fraction of sp³-hybridized carbons (Fsp3) is 0.500. The Kier molecular flexibility index (Phi) is 2.77. The molecule has 0 unspecified atom stereocenters. The SMILES string of the molecule is Cc1ccc(N2C(=O)NC(=O)C23CCCCC3)cn1. The van der Waals surface area contributed by atoms with Gasteiger partial charge in [0.1, 0.15) is 5.54 Å². The Balaban J connectivity index is 2.03. The number of carbonyl (C=O) groups is 2. The maximum atomic E-state index is 12.2. The van der Waals surface area contributed by atoms with Gasteiger partial charge in [0.2, 0.25) is 0 Å². The lowest BCUT2D eigenvalue weighted by atomic mass is 9.80. The molecule has 3 amide bonds. The van der Waals surface area contributed by atoms with Gasteiger partial charge in [0.05, 0.1) is 11.9 Å². The van der Waals surface area contributed by atoms with E-state index >= 15 is 0 Å². The first kappa shape index (κ1) is 12.1. The lowest BCUT2D eigenvalue weighted by Crippen LogP contribution is -2.51. The molecule has 2 aliphatic rings. The van der Waals surface area contributed by atoms with Crippen molar-refractivity contribution in [2.75, 3.05) is 4.90 Å². The molecule has 3 rings (SSSR count). The topological polar surface area (TPSA) is 62.3 Å². The van der Waals surface area contributed by atoms with Crippen LogP contribution in [0.3, 0.4) is 0 Å². The summed E-state index contributed by atoms with van der Waals surface area (Å²) in [7, 11) is 0. The van der Waals surface area contributed by atoms with Crippen LogP contribution in [0.2, 0.25) is 0 Å². The maximum Gasteiger partial charge on any atom is 0.329 e. The minimum Gasteiger partial charge on any atom is -0.277 e. The minimum atomic E-state index is -0.688. The number of urea groups is 1. The number of hydrogen-bond acceptors (Lipinski definition) is 3. The quantitative estimate of drug-likeness (QED) is 0.786. The largest absolute Gasteiger partial charge is 0.329 e. The number of hydrogen-bond donors (Lipinski definition) is 1. The van der Waals surface area contributed by atoms with Crippen molar-refractivity contribution in [3.63, 3.8) is 0 Å². The van der Waals surface area contributed by atoms with Gasteiger partial charge in [-0.3, -0.25) is 20.0 Å². The smallest absolute Gasteiger partial charge is 0.277 e. The lowest BCUT2D eigenvalue weighted by Gasteiger charge is -2.37. The van der Waals surface area contributed by atoms with E-state index in [1.165, 1.54) is 0 Å². The summed E-state index contributed by atoms with van der Waals surface area (Å²) in [6.45, 7) is 1.90. The Labute approximate surface area is 112 Å². The number of nitrogens with zero attached hydrogens (tertiary/aromatic N) is 2. The third-order valence-electron chi connectivity index (χ3n) is 4.11. The molecule has 1 N–H and O–H groups in total. The molecule has 1 aromatic heterocycles. The van der Waals surface area contributed by atoms with E-state index in [9.17, 15) is 9.59 Å². The molecular weight excluding hydrogens is 242 g/mol. The zero-order valence-electron chi connectivity index (χ0n) is 11.0. The molecule has 1 saturated heterocycles. The van der Waals surface area contributed by atoms with Gasteiger partial charge < -0.3 is 0 Å². The van der Waals surface area contributed by atoms with Crippen molar-refractivity contribution in [1.82, 2.24) is 10.3 Å². The normalized spacial score (nSPS) is 21.8. The van der Waals surface area contributed by atoms with Crippen molar-refractivity contribution < 1.29 is 9.59 Å². The molecule has 100 valence electrons. The van der Waals surface area contributed by atoms with E-state index in [0.29, 0.717) is 5.69 Å². The van der Waals surface area contributed by atoms with Gasteiger partial charge in [0.25, 0.3) is 5.91 Å². The third kappa shape index (κ3) is 1.80. The van der Waals surface area contributed by atoms with E-state index in [0.717, 1.165) is 37.8 Å². The number of rotatable bonds is 1. The number of aromatic nitrogens is 1. The van der Waals surface area contributed by atoms with Crippen molar-refractivity contribution in [2.45, 2.75) is 44.6 Å². The first-order valence-electron chi connectivity index (χ1n) is 6.72. The molecule has 0 radical (unpaired) electrons. The summed E-state index contributed by atoms with van der Waals surface area (Å²) >= 11 is 0. The molecule has 0 bridgehead atoms. The summed E-state index contributed by atoms with van der Waals surface area (Å²) in [5, 5.41) is 2.46. The molecule has 0 aromatic carbocycles. The van der Waals surface area contributed by atoms with Gasteiger partial charge in [-0.15, -0.1) is 0 Å². The number of nitrogens with one attached hydrogen (secondary N) is 1. The summed E-state index contributed by atoms with van der Waals surface area (Å²) in [5.74, 6) is -0.155. The second kappa shape index (κ2) is 4.33. The Bertz CT molecular complexity index is 518. The van der Waals surface area contributed by atoms with Gasteiger partial charge in [0, 0.05) is 5.69 Å². The number of pyridine rings is 1. The highest BCUT2D eigenvalue weighted by molar-refractivity contribution is 6.16. The molecule has 1 aliphatic heterocycles. The average Bonchev–Trinajstić information content (AvgIpc) is 2.64. The molecule has 0 atom stereocenters. The fourth-order valence-electron chi connectivity index (χ4n) is 3.11. The third-order valence-corrected chi connectivity index (χ3v) is 4.11. The van der Waals surface area contributed by atoms with Gasteiger partial charge >= 0.3 is 6.03 Å².